The number of nitrogens with zero attached hydrogens (tertiary/aromatic N) is 2. The number of hydrogen-bond acceptors (Lipinski definition) is 11. The molecule has 0 bridgehead atoms. The number of rotatable bonds is 3. The Morgan fingerprint density at radius 3 is 1.27 bits per heavy atom. The van der Waals surface area contributed by atoms with Gasteiger partial charge in [0, 0.05) is 73.3 Å². The largest absolute Gasteiger partial charge is 0.494 e. The topological polar surface area (TPSA) is 252 Å². The van der Waals surface area contributed by atoms with Gasteiger partial charge in [-0.25, -0.2) is 4.39 Å². The Balaban J connectivity index is 0.000000404. The lowest BCUT2D eigenvalue weighted by Crippen LogP contribution is -2.09. The summed E-state index contributed by atoms with van der Waals surface area (Å²) >= 11 is 20.5. The van der Waals surface area contributed by atoms with Crippen LogP contribution in [0.3, 0.4) is 0 Å². The number of hydrogen-bond donors (Lipinski definition) is 6. The Hall–Kier alpha value is -6.21. The number of alkyl halides is 3. The molecule has 0 saturated heterocycles. The van der Waals surface area contributed by atoms with E-state index in [-0.39, 0.29) is 11.5 Å². The lowest BCUT2D eigenvalue weighted by Gasteiger charge is -2.08. The molecule has 6 aromatic carbocycles. The highest BCUT2D eigenvalue weighted by molar-refractivity contribution is 9.10. The second-order valence-electron chi connectivity index (χ2n) is 14.6. The van der Waals surface area contributed by atoms with Crippen molar-refractivity contribution in [3.8, 4) is 5.75 Å². The van der Waals surface area contributed by atoms with Crippen molar-refractivity contribution in [2.45, 2.75) is 61.6 Å². The number of aryl methyl sites for hydroxylation is 8. The number of methoxy groups -OCH3 is 1. The summed E-state index contributed by atoms with van der Waals surface area (Å²) in [6.45, 7) is 15.0. The standard InChI is InChI=1S/C8H10BrN.C8H10ClN.C8H10FN.C8H10N2O2.C7H7Cl2NO.C7H5F3N2O2/c3*1-5-3-7(9)4-6(2)8(5)10;1-5-3-7(10(11)12)4-6(2)8(5)9;1-11-6-3-4(8)2-5(9)7(6)10;8-7(9,10)5-3-4(12(13)14)1-2-6(5)11/h3*3-4H,10H2,1-2H3;3-4H,9H2,1-2H3;2-3H,10H2,1H3;1-3H,11H2. The first kappa shape index (κ1) is 58.8. The molecule has 0 unspecified atom stereocenters. The maximum atomic E-state index is 12.6. The Morgan fingerprint density at radius 1 is 0.537 bits per heavy atom. The minimum atomic E-state index is -4.67. The van der Waals surface area contributed by atoms with Gasteiger partial charge in [-0.15, -0.1) is 0 Å². The third-order valence-corrected chi connectivity index (χ3v) is 10.5. The van der Waals surface area contributed by atoms with Crippen LogP contribution in [-0.4, -0.2) is 17.0 Å². The van der Waals surface area contributed by atoms with E-state index in [9.17, 15) is 37.8 Å². The predicted octanol–water partition coefficient (Wildman–Crippen LogP) is 13.8. The summed E-state index contributed by atoms with van der Waals surface area (Å²) in [5, 5.41) is 22.3. The summed E-state index contributed by atoms with van der Waals surface area (Å²) in [7, 11) is 1.51. The molecule has 13 nitrogen and oxygen atoms in total. The summed E-state index contributed by atoms with van der Waals surface area (Å²) in [6, 6.07) is 19.0. The summed E-state index contributed by atoms with van der Waals surface area (Å²) in [5.41, 5.74) is 41.9. The van der Waals surface area contributed by atoms with Crippen LogP contribution in [0, 0.1) is 81.4 Å². The average Bonchev–Trinajstić information content (AvgIpc) is 3.22. The van der Waals surface area contributed by atoms with Gasteiger partial charge in [-0.05, 0) is 148 Å². The van der Waals surface area contributed by atoms with Gasteiger partial charge in [0.15, 0.2) is 0 Å². The van der Waals surface area contributed by atoms with Crippen molar-refractivity contribution in [2.24, 2.45) is 0 Å². The van der Waals surface area contributed by atoms with Crippen LogP contribution >= 0.6 is 50.7 Å². The molecule has 0 heterocycles. The number of nitrogen functional groups attached to an aromatic ring is 6. The molecule has 21 heteroatoms. The fraction of sp³-hybridized carbons (Fsp3) is 0.217. The molecule has 0 radical (unpaired) electrons. The summed E-state index contributed by atoms with van der Waals surface area (Å²) < 4.78 is 55.1. The molecule has 67 heavy (non-hydrogen) atoms. The second-order valence-corrected chi connectivity index (χ2v) is 16.8. The molecule has 6 aromatic rings. The average molecular weight is 1060 g/mol. The molecule has 362 valence electrons. The molecule has 6 rings (SSSR count). The summed E-state index contributed by atoms with van der Waals surface area (Å²) in [5.74, 6) is 0.284. The molecule has 0 aromatic heterocycles. The molecule has 0 fully saturated rings. The smallest absolute Gasteiger partial charge is 0.418 e. The minimum Gasteiger partial charge on any atom is -0.494 e. The van der Waals surface area contributed by atoms with E-state index in [0.717, 1.165) is 77.5 Å². The first-order chi connectivity index (χ1) is 30.8. The van der Waals surface area contributed by atoms with E-state index in [2.05, 4.69) is 15.9 Å². The van der Waals surface area contributed by atoms with Crippen LogP contribution < -0.4 is 39.1 Å². The van der Waals surface area contributed by atoms with Crippen molar-refractivity contribution < 1.29 is 32.1 Å². The zero-order valence-corrected chi connectivity index (χ0v) is 41.8. The van der Waals surface area contributed by atoms with Crippen LogP contribution in [0.4, 0.5) is 63.1 Å². The van der Waals surface area contributed by atoms with Crippen LogP contribution in [0.1, 0.15) is 50.1 Å². The van der Waals surface area contributed by atoms with Gasteiger partial charge in [-0.3, -0.25) is 20.2 Å². The monoisotopic (exact) mass is 1060 g/mol. The highest BCUT2D eigenvalue weighted by atomic mass is 79.9. The lowest BCUT2D eigenvalue weighted by atomic mass is 10.1. The minimum absolute atomic E-state index is 0.0965. The van der Waals surface area contributed by atoms with Gasteiger partial charge in [-0.1, -0.05) is 50.7 Å². The maximum Gasteiger partial charge on any atom is 0.418 e. The quantitative estimate of drug-likeness (QED) is 0.0421. The Bertz CT molecular complexity index is 2490. The van der Waals surface area contributed by atoms with Gasteiger partial charge in [0.2, 0.25) is 0 Å². The van der Waals surface area contributed by atoms with E-state index in [1.807, 2.05) is 52.0 Å². The number of non-ortho nitro benzene ring substituents is 2. The number of ether oxygens (including phenoxy) is 1. The second kappa shape index (κ2) is 26.2. The number of nitrogens with two attached hydrogens (primary N) is 6. The molecule has 0 saturated carbocycles. The zero-order chi connectivity index (χ0) is 51.8. The van der Waals surface area contributed by atoms with Crippen molar-refractivity contribution in [1.29, 1.82) is 0 Å². The molecular formula is C46H52BrCl3F4N8O5. The van der Waals surface area contributed by atoms with Crippen molar-refractivity contribution in [3.63, 3.8) is 0 Å². The van der Waals surface area contributed by atoms with Gasteiger partial charge in [0.05, 0.1) is 33.2 Å². The van der Waals surface area contributed by atoms with E-state index in [4.69, 9.17) is 73.9 Å². The number of benzene rings is 6. The van der Waals surface area contributed by atoms with E-state index in [1.54, 1.807) is 39.8 Å². The third kappa shape index (κ3) is 18.9. The Labute approximate surface area is 409 Å². The van der Waals surface area contributed by atoms with Crippen molar-refractivity contribution in [2.75, 3.05) is 41.5 Å². The summed E-state index contributed by atoms with van der Waals surface area (Å²) in [4.78, 5) is 19.2. The molecular weight excluding hydrogens is 1010 g/mol. The number of anilines is 6. The van der Waals surface area contributed by atoms with Crippen molar-refractivity contribution in [1.82, 2.24) is 0 Å². The third-order valence-electron chi connectivity index (χ3n) is 9.29. The van der Waals surface area contributed by atoms with E-state index < -0.39 is 33.0 Å². The molecule has 0 aliphatic heterocycles. The fourth-order valence-corrected chi connectivity index (χ4v) is 6.94. The van der Waals surface area contributed by atoms with Crippen molar-refractivity contribution >= 4 is 96.2 Å². The Morgan fingerprint density at radius 2 is 0.896 bits per heavy atom. The highest BCUT2D eigenvalue weighted by Crippen LogP contribution is 2.36. The van der Waals surface area contributed by atoms with Gasteiger partial charge in [0.1, 0.15) is 11.6 Å². The molecule has 0 aliphatic carbocycles. The lowest BCUT2D eigenvalue weighted by molar-refractivity contribution is -0.385. The number of halogens is 8. The van der Waals surface area contributed by atoms with Crippen LogP contribution in [0.25, 0.3) is 0 Å². The van der Waals surface area contributed by atoms with Gasteiger partial charge in [-0.2, -0.15) is 13.2 Å². The number of nitro benzene ring substituents is 2. The van der Waals surface area contributed by atoms with Gasteiger partial charge in [0.25, 0.3) is 11.4 Å². The van der Waals surface area contributed by atoms with Crippen LogP contribution in [0.5, 0.6) is 5.75 Å². The van der Waals surface area contributed by atoms with E-state index in [0.29, 0.717) is 38.9 Å². The first-order valence-corrected chi connectivity index (χ1v) is 21.2. The van der Waals surface area contributed by atoms with Gasteiger partial charge >= 0.3 is 6.18 Å². The Kier molecular flexibility index (Phi) is 23.0. The highest BCUT2D eigenvalue weighted by Gasteiger charge is 2.34. The zero-order valence-electron chi connectivity index (χ0n) is 37.9. The SMILES string of the molecule is COc1cc(Cl)cc(Cl)c1N.Cc1cc(Br)cc(C)c1N.Cc1cc(Cl)cc(C)c1N.Cc1cc(F)cc(C)c1N.Cc1cc([N+](=O)[O-])cc(C)c1N.Nc1ccc([N+](=O)[O-])cc1C(F)(F)F. The summed E-state index contributed by atoms with van der Waals surface area (Å²) in [6.07, 6.45) is -4.67. The molecule has 0 spiro atoms. The molecule has 0 atom stereocenters. The van der Waals surface area contributed by atoms with Crippen LogP contribution in [0.15, 0.2) is 83.3 Å². The van der Waals surface area contributed by atoms with E-state index in [1.165, 1.54) is 31.4 Å². The predicted molar refractivity (Wildman–Crippen MR) is 271 cm³/mol. The number of nitro groups is 2. The normalized spacial score (nSPS) is 10.2. The molecule has 0 aliphatic rings. The fourth-order valence-electron chi connectivity index (χ4n) is 5.46. The molecule has 12 N–H and O–H groups in total. The van der Waals surface area contributed by atoms with Crippen LogP contribution in [-0.2, 0) is 6.18 Å². The van der Waals surface area contributed by atoms with E-state index >= 15 is 0 Å². The molecule has 0 amide bonds. The van der Waals surface area contributed by atoms with Crippen LogP contribution in [0.2, 0.25) is 15.1 Å². The van der Waals surface area contributed by atoms with Crippen molar-refractivity contribution in [3.05, 3.63) is 175 Å². The first-order valence-electron chi connectivity index (χ1n) is 19.3. The maximum absolute atomic E-state index is 12.6. The van der Waals surface area contributed by atoms with Gasteiger partial charge < -0.3 is 39.1 Å².